The van der Waals surface area contributed by atoms with Gasteiger partial charge in [0.25, 0.3) is 0 Å². The molecule has 1 unspecified atom stereocenters. The smallest absolute Gasteiger partial charge is 0.376 e. The molecule has 136 valence electrons. The van der Waals surface area contributed by atoms with Gasteiger partial charge in [0, 0.05) is 29.2 Å². The van der Waals surface area contributed by atoms with Crippen molar-refractivity contribution in [1.82, 2.24) is 10.3 Å². The van der Waals surface area contributed by atoms with E-state index in [1.54, 1.807) is 6.20 Å². The van der Waals surface area contributed by atoms with Crippen molar-refractivity contribution in [2.24, 2.45) is 0 Å². The van der Waals surface area contributed by atoms with E-state index in [-0.39, 0.29) is 5.75 Å². The Balaban J connectivity index is 2.23. The van der Waals surface area contributed by atoms with Crippen molar-refractivity contribution in [2.45, 2.75) is 31.8 Å². The van der Waals surface area contributed by atoms with Crippen LogP contribution in [-0.2, 0) is 16.5 Å². The van der Waals surface area contributed by atoms with E-state index < -0.39 is 21.7 Å². The minimum Gasteiger partial charge on any atom is -0.376 e. The first-order valence-corrected chi connectivity index (χ1v) is 9.03. The Labute approximate surface area is 143 Å². The Bertz CT molecular complexity index is 941. The lowest BCUT2D eigenvalue weighted by Crippen LogP contribution is -2.29. The summed E-state index contributed by atoms with van der Waals surface area (Å²) in [6.07, 6.45) is 4.28. The molecule has 2 N–H and O–H groups in total. The number of nitrogens with one attached hydrogen (secondary N) is 2. The molecule has 0 aliphatic carbocycles. The largest absolute Gasteiger partial charge is 0.534 e. The molecule has 1 aromatic carbocycles. The first-order valence-electron chi connectivity index (χ1n) is 7.62. The molecular formula is C16H17F3N2O3S. The van der Waals surface area contributed by atoms with E-state index in [1.807, 2.05) is 19.9 Å². The molecule has 2 heterocycles. The number of H-pyrrole nitrogens is 1. The average Bonchev–Trinajstić information content (AvgIpc) is 2.78. The highest BCUT2D eigenvalue weighted by Gasteiger charge is 2.49. The molecule has 0 spiro atoms. The lowest BCUT2D eigenvalue weighted by atomic mass is 9.98. The van der Waals surface area contributed by atoms with Gasteiger partial charge in [0.15, 0.2) is 0 Å². The quantitative estimate of drug-likeness (QED) is 0.490. The van der Waals surface area contributed by atoms with Crippen molar-refractivity contribution >= 4 is 21.0 Å². The Kier molecular flexibility index (Phi) is 4.32. The zero-order valence-corrected chi connectivity index (χ0v) is 14.4. The third-order valence-electron chi connectivity index (χ3n) is 3.98. The van der Waals surface area contributed by atoms with Crippen LogP contribution in [0, 0.1) is 0 Å². The SMILES string of the molecule is CC(C)=CC1NCCc2c[nH]c3ccc(OS(=O)(=O)C(F)(F)F)c1c23. The van der Waals surface area contributed by atoms with Crippen LogP contribution in [0.5, 0.6) is 5.75 Å². The summed E-state index contributed by atoms with van der Waals surface area (Å²) in [5.41, 5.74) is -2.53. The Morgan fingerprint density at radius 2 is 2.04 bits per heavy atom. The van der Waals surface area contributed by atoms with Gasteiger partial charge in [0.2, 0.25) is 0 Å². The highest BCUT2D eigenvalue weighted by atomic mass is 32.2. The predicted octanol–water partition coefficient (Wildman–Crippen LogP) is 3.55. The third kappa shape index (κ3) is 3.25. The van der Waals surface area contributed by atoms with Crippen molar-refractivity contribution < 1.29 is 25.8 Å². The van der Waals surface area contributed by atoms with Crippen molar-refractivity contribution in [3.8, 4) is 5.75 Å². The average molecular weight is 374 g/mol. The molecule has 1 atom stereocenters. The second-order valence-corrected chi connectivity index (χ2v) is 7.66. The van der Waals surface area contributed by atoms with Gasteiger partial charge >= 0.3 is 15.6 Å². The summed E-state index contributed by atoms with van der Waals surface area (Å²) in [5, 5.41) is 3.92. The van der Waals surface area contributed by atoms with Gasteiger partial charge in [-0.1, -0.05) is 11.6 Å². The fraction of sp³-hybridized carbons (Fsp3) is 0.375. The molecule has 25 heavy (non-hydrogen) atoms. The molecule has 1 aliphatic heterocycles. The molecule has 0 saturated carbocycles. The third-order valence-corrected chi connectivity index (χ3v) is 4.95. The number of halogens is 3. The van der Waals surface area contributed by atoms with Gasteiger partial charge in [-0.25, -0.2) is 0 Å². The minimum absolute atomic E-state index is 0.317. The summed E-state index contributed by atoms with van der Waals surface area (Å²) < 4.78 is 65.7. The molecule has 0 fully saturated rings. The van der Waals surface area contributed by atoms with Gasteiger partial charge in [-0.15, -0.1) is 0 Å². The van der Waals surface area contributed by atoms with Crippen LogP contribution in [0.3, 0.4) is 0 Å². The van der Waals surface area contributed by atoms with Crippen LogP contribution in [0.25, 0.3) is 10.9 Å². The van der Waals surface area contributed by atoms with E-state index in [0.717, 1.165) is 16.7 Å². The second kappa shape index (κ2) is 6.06. The van der Waals surface area contributed by atoms with Crippen molar-refractivity contribution in [2.75, 3.05) is 6.54 Å². The Morgan fingerprint density at radius 1 is 1.32 bits per heavy atom. The maximum atomic E-state index is 12.7. The number of rotatable bonds is 3. The zero-order valence-electron chi connectivity index (χ0n) is 13.6. The number of hydrogen-bond acceptors (Lipinski definition) is 4. The van der Waals surface area contributed by atoms with Crippen molar-refractivity contribution in [1.29, 1.82) is 0 Å². The molecule has 3 rings (SSSR count). The summed E-state index contributed by atoms with van der Waals surface area (Å²) in [7, 11) is -5.75. The van der Waals surface area contributed by atoms with E-state index in [2.05, 4.69) is 14.5 Å². The maximum absolute atomic E-state index is 12.7. The molecule has 5 nitrogen and oxygen atoms in total. The highest BCUT2D eigenvalue weighted by molar-refractivity contribution is 7.88. The monoisotopic (exact) mass is 374 g/mol. The van der Waals surface area contributed by atoms with Gasteiger partial charge in [-0.05, 0) is 38.0 Å². The first kappa shape index (κ1) is 17.8. The molecule has 0 saturated heterocycles. The Morgan fingerprint density at radius 3 is 2.68 bits per heavy atom. The molecular weight excluding hydrogens is 357 g/mol. The molecule has 0 radical (unpaired) electrons. The number of allylic oxidation sites excluding steroid dienone is 1. The van der Waals surface area contributed by atoms with E-state index in [0.29, 0.717) is 23.9 Å². The van der Waals surface area contributed by atoms with E-state index in [4.69, 9.17) is 0 Å². The molecule has 1 aliphatic rings. The number of aromatic nitrogens is 1. The molecule has 0 amide bonds. The standard InChI is InChI=1S/C16H17F3N2O3S/c1-9(2)7-12-15-13(24-25(22,23)16(17,18)19)4-3-11-14(15)10(8-21-11)5-6-20-12/h3-4,7-8,12,20-21H,5-6H2,1-2H3. The van der Waals surface area contributed by atoms with Crippen LogP contribution in [-0.4, -0.2) is 25.5 Å². The highest BCUT2D eigenvalue weighted by Crippen LogP contribution is 2.39. The van der Waals surface area contributed by atoms with Crippen molar-refractivity contribution in [3.05, 3.63) is 41.1 Å². The number of alkyl halides is 3. The minimum atomic E-state index is -5.75. The lowest BCUT2D eigenvalue weighted by molar-refractivity contribution is -0.0500. The van der Waals surface area contributed by atoms with E-state index >= 15 is 0 Å². The summed E-state index contributed by atoms with van der Waals surface area (Å²) >= 11 is 0. The number of benzene rings is 1. The van der Waals surface area contributed by atoms with Crippen LogP contribution in [0.4, 0.5) is 13.2 Å². The van der Waals surface area contributed by atoms with Crippen LogP contribution in [0.1, 0.15) is 31.0 Å². The molecule has 0 bridgehead atoms. The normalized spacial score (nSPS) is 18.0. The van der Waals surface area contributed by atoms with Gasteiger partial charge < -0.3 is 14.5 Å². The maximum Gasteiger partial charge on any atom is 0.534 e. The van der Waals surface area contributed by atoms with Crippen LogP contribution in [0.15, 0.2) is 30.0 Å². The summed E-state index contributed by atoms with van der Waals surface area (Å²) in [4.78, 5) is 3.07. The lowest BCUT2D eigenvalue weighted by Gasteiger charge is -2.19. The van der Waals surface area contributed by atoms with Gasteiger partial charge in [0.1, 0.15) is 5.75 Å². The summed E-state index contributed by atoms with van der Waals surface area (Å²) in [6, 6.07) is 2.32. The topological polar surface area (TPSA) is 71.2 Å². The first-order chi connectivity index (χ1) is 11.6. The van der Waals surface area contributed by atoms with Gasteiger partial charge in [-0.2, -0.15) is 21.6 Å². The summed E-state index contributed by atoms with van der Waals surface area (Å²) in [6.45, 7) is 4.32. The van der Waals surface area contributed by atoms with Crippen LogP contribution in [0.2, 0.25) is 0 Å². The fourth-order valence-electron chi connectivity index (χ4n) is 2.99. The van der Waals surface area contributed by atoms with E-state index in [1.165, 1.54) is 12.1 Å². The van der Waals surface area contributed by atoms with Gasteiger partial charge in [-0.3, -0.25) is 0 Å². The van der Waals surface area contributed by atoms with E-state index in [9.17, 15) is 21.6 Å². The van der Waals surface area contributed by atoms with Gasteiger partial charge in [0.05, 0.1) is 6.04 Å². The fourth-order valence-corrected chi connectivity index (χ4v) is 3.46. The Hall–Kier alpha value is -2.00. The summed E-state index contributed by atoms with van der Waals surface area (Å²) in [5.74, 6) is -0.317. The van der Waals surface area contributed by atoms with Crippen LogP contribution < -0.4 is 9.50 Å². The zero-order chi connectivity index (χ0) is 18.4. The molecule has 1 aromatic heterocycles. The number of aromatic amines is 1. The molecule has 2 aromatic rings. The molecule has 9 heteroatoms. The predicted molar refractivity (Wildman–Crippen MR) is 87.8 cm³/mol. The number of hydrogen-bond donors (Lipinski definition) is 2. The van der Waals surface area contributed by atoms with Crippen LogP contribution >= 0.6 is 0 Å². The second-order valence-electron chi connectivity index (χ2n) is 6.12. The van der Waals surface area contributed by atoms with Crippen molar-refractivity contribution in [3.63, 3.8) is 0 Å².